The Hall–Kier alpha value is -0.0800. The number of piperidine rings is 1. The predicted octanol–water partition coefficient (Wildman–Crippen LogP) is 1.39. The topological polar surface area (TPSA) is 23.5 Å². The van der Waals surface area contributed by atoms with E-state index in [1.165, 1.54) is 38.8 Å². The first-order valence-corrected chi connectivity index (χ1v) is 5.23. The van der Waals surface area contributed by atoms with Gasteiger partial charge in [0.25, 0.3) is 0 Å². The standard InChI is InChI=1S/C10H19NO/c12-10(5-4-6-10)9-11-7-2-1-3-8-11/h12H,1-9H2. The monoisotopic (exact) mass is 169 g/mol. The minimum absolute atomic E-state index is 0.294. The Kier molecular flexibility index (Phi) is 2.37. The van der Waals surface area contributed by atoms with E-state index in [9.17, 15) is 5.11 Å². The second-order valence-corrected chi connectivity index (χ2v) is 4.41. The molecule has 1 heterocycles. The lowest BCUT2D eigenvalue weighted by atomic mass is 9.79. The predicted molar refractivity (Wildman–Crippen MR) is 49.1 cm³/mol. The summed E-state index contributed by atoms with van der Waals surface area (Å²) >= 11 is 0. The molecule has 1 aliphatic heterocycles. The molecule has 1 saturated carbocycles. The largest absolute Gasteiger partial charge is 0.389 e. The van der Waals surface area contributed by atoms with Crippen LogP contribution in [0.5, 0.6) is 0 Å². The van der Waals surface area contributed by atoms with E-state index in [0.717, 1.165) is 19.4 Å². The van der Waals surface area contributed by atoms with Gasteiger partial charge in [-0.15, -0.1) is 0 Å². The fourth-order valence-corrected chi connectivity index (χ4v) is 2.28. The normalized spacial score (nSPS) is 29.8. The first kappa shape index (κ1) is 8.52. The van der Waals surface area contributed by atoms with Gasteiger partial charge in [-0.3, -0.25) is 0 Å². The average molecular weight is 169 g/mol. The van der Waals surface area contributed by atoms with E-state index >= 15 is 0 Å². The molecule has 0 unspecified atom stereocenters. The molecule has 1 N–H and O–H groups in total. The fraction of sp³-hybridized carbons (Fsp3) is 1.00. The maximum absolute atomic E-state index is 9.92. The molecule has 1 aliphatic carbocycles. The Balaban J connectivity index is 1.77. The van der Waals surface area contributed by atoms with Crippen LogP contribution in [0.25, 0.3) is 0 Å². The molecule has 2 nitrogen and oxygen atoms in total. The van der Waals surface area contributed by atoms with Crippen LogP contribution in [0.15, 0.2) is 0 Å². The Bertz CT molecular complexity index is 148. The minimum atomic E-state index is -0.294. The maximum atomic E-state index is 9.92. The van der Waals surface area contributed by atoms with Crippen molar-refractivity contribution in [2.75, 3.05) is 19.6 Å². The highest BCUT2D eigenvalue weighted by Gasteiger charge is 2.36. The molecule has 2 rings (SSSR count). The molecule has 70 valence electrons. The van der Waals surface area contributed by atoms with Crippen LogP contribution >= 0.6 is 0 Å². The van der Waals surface area contributed by atoms with Gasteiger partial charge in [-0.05, 0) is 45.2 Å². The minimum Gasteiger partial charge on any atom is -0.389 e. The van der Waals surface area contributed by atoms with Crippen molar-refractivity contribution in [1.29, 1.82) is 0 Å². The number of nitrogens with zero attached hydrogens (tertiary/aromatic N) is 1. The lowest BCUT2D eigenvalue weighted by Gasteiger charge is -2.41. The Morgan fingerprint density at radius 1 is 1.00 bits per heavy atom. The SMILES string of the molecule is OC1(CN2CCCCC2)CCC1. The number of hydrogen-bond donors (Lipinski definition) is 1. The van der Waals surface area contributed by atoms with Crippen molar-refractivity contribution in [2.24, 2.45) is 0 Å². The van der Waals surface area contributed by atoms with E-state index in [0.29, 0.717) is 0 Å². The Morgan fingerprint density at radius 2 is 1.67 bits per heavy atom. The number of aliphatic hydroxyl groups is 1. The highest BCUT2D eigenvalue weighted by molar-refractivity contribution is 4.90. The molecule has 0 bridgehead atoms. The van der Waals surface area contributed by atoms with Gasteiger partial charge in [-0.1, -0.05) is 6.42 Å². The molecule has 0 atom stereocenters. The van der Waals surface area contributed by atoms with Gasteiger partial charge < -0.3 is 10.0 Å². The Labute approximate surface area is 74.6 Å². The second kappa shape index (κ2) is 3.35. The molecule has 0 aromatic rings. The van der Waals surface area contributed by atoms with Crippen molar-refractivity contribution in [3.63, 3.8) is 0 Å². The highest BCUT2D eigenvalue weighted by atomic mass is 16.3. The lowest BCUT2D eigenvalue weighted by Crippen LogP contribution is -2.49. The van der Waals surface area contributed by atoms with Gasteiger partial charge in [-0.2, -0.15) is 0 Å². The maximum Gasteiger partial charge on any atom is 0.0774 e. The van der Waals surface area contributed by atoms with Gasteiger partial charge in [0.2, 0.25) is 0 Å². The summed E-state index contributed by atoms with van der Waals surface area (Å²) < 4.78 is 0. The smallest absolute Gasteiger partial charge is 0.0774 e. The van der Waals surface area contributed by atoms with Gasteiger partial charge in [0.15, 0.2) is 0 Å². The third-order valence-corrected chi connectivity index (χ3v) is 3.25. The van der Waals surface area contributed by atoms with Crippen molar-refractivity contribution in [3.05, 3.63) is 0 Å². The second-order valence-electron chi connectivity index (χ2n) is 4.41. The summed E-state index contributed by atoms with van der Waals surface area (Å²) in [5.41, 5.74) is -0.294. The molecule has 2 heteroatoms. The first-order valence-electron chi connectivity index (χ1n) is 5.23. The van der Waals surface area contributed by atoms with Crippen LogP contribution < -0.4 is 0 Å². The van der Waals surface area contributed by atoms with Crippen molar-refractivity contribution < 1.29 is 5.11 Å². The van der Waals surface area contributed by atoms with Crippen LogP contribution in [0.2, 0.25) is 0 Å². The summed E-state index contributed by atoms with van der Waals surface area (Å²) in [4.78, 5) is 2.43. The van der Waals surface area contributed by atoms with Gasteiger partial charge in [0.05, 0.1) is 5.60 Å². The van der Waals surface area contributed by atoms with Crippen LogP contribution in [0.3, 0.4) is 0 Å². The average Bonchev–Trinajstić information content (AvgIpc) is 2.04. The van der Waals surface area contributed by atoms with Crippen molar-refractivity contribution >= 4 is 0 Å². The third kappa shape index (κ3) is 1.80. The number of hydrogen-bond acceptors (Lipinski definition) is 2. The van der Waals surface area contributed by atoms with Crippen LogP contribution in [-0.2, 0) is 0 Å². The summed E-state index contributed by atoms with van der Waals surface area (Å²) in [5.74, 6) is 0. The quantitative estimate of drug-likeness (QED) is 0.675. The van der Waals surface area contributed by atoms with Crippen molar-refractivity contribution in [2.45, 2.75) is 44.1 Å². The molecule has 1 saturated heterocycles. The van der Waals surface area contributed by atoms with Crippen LogP contribution in [0.4, 0.5) is 0 Å². The summed E-state index contributed by atoms with van der Waals surface area (Å²) in [6.07, 6.45) is 7.33. The number of rotatable bonds is 2. The molecule has 0 spiro atoms. The fourth-order valence-electron chi connectivity index (χ4n) is 2.28. The zero-order valence-corrected chi connectivity index (χ0v) is 7.76. The van der Waals surface area contributed by atoms with E-state index in [1.807, 2.05) is 0 Å². The van der Waals surface area contributed by atoms with Gasteiger partial charge >= 0.3 is 0 Å². The molecule has 12 heavy (non-hydrogen) atoms. The molecule has 2 aliphatic rings. The molecule has 0 amide bonds. The molecule has 2 fully saturated rings. The van der Waals surface area contributed by atoms with Crippen LogP contribution in [0, 0.1) is 0 Å². The van der Waals surface area contributed by atoms with Crippen molar-refractivity contribution in [1.82, 2.24) is 4.90 Å². The van der Waals surface area contributed by atoms with Crippen LogP contribution in [0.1, 0.15) is 38.5 Å². The molecule has 0 radical (unpaired) electrons. The number of β-amino-alcohol motifs (C(OH)–C–C–N with tert-alkyl or cyclic N) is 1. The van der Waals surface area contributed by atoms with E-state index in [-0.39, 0.29) is 5.60 Å². The van der Waals surface area contributed by atoms with Crippen molar-refractivity contribution in [3.8, 4) is 0 Å². The summed E-state index contributed by atoms with van der Waals surface area (Å²) in [6, 6.07) is 0. The van der Waals surface area contributed by atoms with E-state index in [1.54, 1.807) is 0 Å². The van der Waals surface area contributed by atoms with Gasteiger partial charge in [-0.25, -0.2) is 0 Å². The first-order chi connectivity index (χ1) is 5.79. The highest BCUT2D eigenvalue weighted by Crippen LogP contribution is 2.32. The summed E-state index contributed by atoms with van der Waals surface area (Å²) in [7, 11) is 0. The Morgan fingerprint density at radius 3 is 2.17 bits per heavy atom. The lowest BCUT2D eigenvalue weighted by molar-refractivity contribution is -0.0614. The molecule has 0 aromatic carbocycles. The molecule has 0 aromatic heterocycles. The molecular weight excluding hydrogens is 150 g/mol. The van der Waals surface area contributed by atoms with Crippen LogP contribution in [-0.4, -0.2) is 35.2 Å². The van der Waals surface area contributed by atoms with Gasteiger partial charge in [0, 0.05) is 6.54 Å². The number of likely N-dealkylation sites (tertiary alicyclic amines) is 1. The van der Waals surface area contributed by atoms with E-state index in [4.69, 9.17) is 0 Å². The summed E-state index contributed by atoms with van der Waals surface area (Å²) in [6.45, 7) is 3.36. The zero-order valence-electron chi connectivity index (χ0n) is 7.76. The molecular formula is C10H19NO. The van der Waals surface area contributed by atoms with E-state index < -0.39 is 0 Å². The summed E-state index contributed by atoms with van der Waals surface area (Å²) in [5, 5.41) is 9.92. The third-order valence-electron chi connectivity index (χ3n) is 3.25. The van der Waals surface area contributed by atoms with E-state index in [2.05, 4.69) is 4.90 Å². The van der Waals surface area contributed by atoms with Gasteiger partial charge in [0.1, 0.15) is 0 Å². The zero-order chi connectivity index (χ0) is 8.44.